The van der Waals surface area contributed by atoms with E-state index in [1.807, 2.05) is 0 Å². The molecule has 0 aliphatic heterocycles. The first-order valence-corrected chi connectivity index (χ1v) is 6.81. The summed E-state index contributed by atoms with van der Waals surface area (Å²) in [7, 11) is 1.52. The van der Waals surface area contributed by atoms with E-state index < -0.39 is 17.4 Å². The molecule has 1 amide bonds. The number of nitrogens with zero attached hydrogens (tertiary/aromatic N) is 4. The summed E-state index contributed by atoms with van der Waals surface area (Å²) in [5.74, 6) is -0.851. The second-order valence-electron chi connectivity index (χ2n) is 5.19. The minimum atomic E-state index is -1.09. The Morgan fingerprint density at radius 1 is 1.43 bits per heavy atom. The first-order valence-electron chi connectivity index (χ1n) is 6.81. The van der Waals surface area contributed by atoms with Gasteiger partial charge in [-0.1, -0.05) is 12.1 Å². The normalized spacial score (nSPS) is 13.1. The van der Waals surface area contributed by atoms with Crippen molar-refractivity contribution in [2.24, 2.45) is 0 Å². The Hall–Kier alpha value is -2.97. The molecule has 0 aliphatic carbocycles. The number of hydrogen-bond donors (Lipinski definition) is 2. The zero-order valence-electron chi connectivity index (χ0n) is 12.8. The summed E-state index contributed by atoms with van der Waals surface area (Å²) in [6.07, 6.45) is 1.03. The van der Waals surface area contributed by atoms with Gasteiger partial charge in [0.2, 0.25) is 5.91 Å². The number of aromatic nitrogens is 4. The van der Waals surface area contributed by atoms with E-state index in [-0.39, 0.29) is 13.0 Å². The Balaban J connectivity index is 2.23. The number of methoxy groups -OCH3 is 1. The second kappa shape index (κ2) is 6.86. The molecule has 1 atom stereocenters. The summed E-state index contributed by atoms with van der Waals surface area (Å²) in [4.78, 5) is 23.4. The van der Waals surface area contributed by atoms with Gasteiger partial charge in [-0.2, -0.15) is 0 Å². The lowest BCUT2D eigenvalue weighted by molar-refractivity contribution is -0.139. The first-order chi connectivity index (χ1) is 10.9. The van der Waals surface area contributed by atoms with Crippen LogP contribution < -0.4 is 10.1 Å². The predicted molar refractivity (Wildman–Crippen MR) is 78.6 cm³/mol. The van der Waals surface area contributed by atoms with Gasteiger partial charge in [0.25, 0.3) is 0 Å². The highest BCUT2D eigenvalue weighted by atomic mass is 16.5. The highest BCUT2D eigenvalue weighted by Crippen LogP contribution is 2.27. The van der Waals surface area contributed by atoms with Crippen molar-refractivity contribution in [2.75, 3.05) is 7.11 Å². The summed E-state index contributed by atoms with van der Waals surface area (Å²) >= 11 is 0. The summed E-state index contributed by atoms with van der Waals surface area (Å²) in [6.45, 7) is 1.54. The van der Waals surface area contributed by atoms with Crippen LogP contribution in [-0.2, 0) is 21.7 Å². The lowest BCUT2D eigenvalue weighted by atomic mass is 9.88. The first kappa shape index (κ1) is 16.4. The van der Waals surface area contributed by atoms with Crippen molar-refractivity contribution in [3.63, 3.8) is 0 Å². The van der Waals surface area contributed by atoms with Crippen LogP contribution in [0.4, 0.5) is 0 Å². The number of carboxylic acids is 1. The zero-order valence-corrected chi connectivity index (χ0v) is 12.8. The van der Waals surface area contributed by atoms with Gasteiger partial charge in [0.05, 0.1) is 19.1 Å². The van der Waals surface area contributed by atoms with Gasteiger partial charge in [0, 0.05) is 0 Å². The molecule has 9 nitrogen and oxygen atoms in total. The van der Waals surface area contributed by atoms with Crippen LogP contribution in [0.25, 0.3) is 0 Å². The SMILES string of the molecule is COc1cccc(C(C)(CC(=O)O)NC(=O)Cn2cnnn2)c1. The Kier molecular flexibility index (Phi) is 4.89. The number of benzene rings is 1. The highest BCUT2D eigenvalue weighted by molar-refractivity contribution is 5.78. The van der Waals surface area contributed by atoms with Crippen molar-refractivity contribution in [3.05, 3.63) is 36.2 Å². The molecule has 2 rings (SSSR count). The molecule has 0 bridgehead atoms. The molecule has 1 aromatic heterocycles. The van der Waals surface area contributed by atoms with Crippen LogP contribution in [-0.4, -0.2) is 44.3 Å². The molecule has 1 heterocycles. The molecule has 0 saturated carbocycles. The van der Waals surface area contributed by atoms with Gasteiger partial charge in [-0.25, -0.2) is 4.68 Å². The number of amides is 1. The van der Waals surface area contributed by atoms with Crippen LogP contribution in [0.1, 0.15) is 18.9 Å². The molecule has 0 aliphatic rings. The lowest BCUT2D eigenvalue weighted by Gasteiger charge is -2.30. The van der Waals surface area contributed by atoms with Crippen LogP contribution in [0.5, 0.6) is 5.75 Å². The van der Waals surface area contributed by atoms with Crippen molar-refractivity contribution in [2.45, 2.75) is 25.4 Å². The third-order valence-electron chi connectivity index (χ3n) is 3.32. The van der Waals surface area contributed by atoms with Crippen molar-refractivity contribution in [1.29, 1.82) is 0 Å². The van der Waals surface area contributed by atoms with E-state index in [9.17, 15) is 14.7 Å². The number of hydrogen-bond acceptors (Lipinski definition) is 6. The van der Waals surface area contributed by atoms with Gasteiger partial charge in [-0.05, 0) is 35.0 Å². The maximum absolute atomic E-state index is 12.2. The van der Waals surface area contributed by atoms with Crippen LogP contribution in [0.3, 0.4) is 0 Å². The molecule has 0 spiro atoms. The molecule has 23 heavy (non-hydrogen) atoms. The third-order valence-corrected chi connectivity index (χ3v) is 3.32. The van der Waals surface area contributed by atoms with E-state index in [2.05, 4.69) is 20.8 Å². The molecule has 1 unspecified atom stereocenters. The molecule has 9 heteroatoms. The quantitative estimate of drug-likeness (QED) is 0.747. The van der Waals surface area contributed by atoms with Crippen LogP contribution in [0, 0.1) is 0 Å². The fourth-order valence-electron chi connectivity index (χ4n) is 2.23. The monoisotopic (exact) mass is 319 g/mol. The topological polar surface area (TPSA) is 119 Å². The largest absolute Gasteiger partial charge is 0.497 e. The average Bonchev–Trinajstić information content (AvgIpc) is 2.99. The standard InChI is InChI=1S/C14H17N5O4/c1-14(7-13(21)22,10-4-3-5-11(6-10)23-2)16-12(20)8-19-9-15-17-18-19/h3-6,9H,7-8H2,1-2H3,(H,16,20)(H,21,22). The van der Waals surface area contributed by atoms with Gasteiger partial charge in [0.15, 0.2) is 0 Å². The smallest absolute Gasteiger partial charge is 0.306 e. The fraction of sp³-hybridized carbons (Fsp3) is 0.357. The Morgan fingerprint density at radius 3 is 2.83 bits per heavy atom. The van der Waals surface area contributed by atoms with E-state index >= 15 is 0 Å². The number of carboxylic acid groups (broad SMARTS) is 1. The number of carbonyl (C=O) groups excluding carboxylic acids is 1. The summed E-state index contributed by atoms with van der Waals surface area (Å²) in [5, 5.41) is 22.4. The van der Waals surface area contributed by atoms with Crippen LogP contribution in [0.15, 0.2) is 30.6 Å². The van der Waals surface area contributed by atoms with E-state index in [1.165, 1.54) is 18.1 Å². The molecular weight excluding hydrogens is 302 g/mol. The number of nitrogens with one attached hydrogen (secondary N) is 1. The minimum Gasteiger partial charge on any atom is -0.497 e. The molecule has 0 saturated heterocycles. The maximum atomic E-state index is 12.2. The summed E-state index contributed by atoms with van der Waals surface area (Å²) in [6, 6.07) is 6.92. The van der Waals surface area contributed by atoms with Crippen molar-refractivity contribution < 1.29 is 19.4 Å². The van der Waals surface area contributed by atoms with E-state index in [4.69, 9.17) is 4.74 Å². The van der Waals surface area contributed by atoms with Gasteiger partial charge in [0.1, 0.15) is 18.6 Å². The van der Waals surface area contributed by atoms with Crippen molar-refractivity contribution >= 4 is 11.9 Å². The maximum Gasteiger partial charge on any atom is 0.306 e. The van der Waals surface area contributed by atoms with E-state index in [0.717, 1.165) is 0 Å². The predicted octanol–water partition coefficient (Wildman–Crippen LogP) is 0.188. The molecular formula is C14H17N5O4. The number of carbonyl (C=O) groups is 2. The highest BCUT2D eigenvalue weighted by Gasteiger charge is 2.32. The van der Waals surface area contributed by atoms with E-state index in [0.29, 0.717) is 11.3 Å². The van der Waals surface area contributed by atoms with Crippen LogP contribution in [0.2, 0.25) is 0 Å². The Morgan fingerprint density at radius 2 is 2.22 bits per heavy atom. The van der Waals surface area contributed by atoms with Crippen LogP contribution >= 0.6 is 0 Å². The average molecular weight is 319 g/mol. The minimum absolute atomic E-state index is 0.105. The number of aliphatic carboxylic acids is 1. The number of tetrazole rings is 1. The molecule has 2 N–H and O–H groups in total. The second-order valence-corrected chi connectivity index (χ2v) is 5.19. The fourth-order valence-corrected chi connectivity index (χ4v) is 2.23. The molecule has 2 aromatic rings. The van der Waals surface area contributed by atoms with Crippen molar-refractivity contribution in [1.82, 2.24) is 25.5 Å². The Labute approximate surface area is 132 Å². The van der Waals surface area contributed by atoms with Gasteiger partial charge in [-0.3, -0.25) is 9.59 Å². The van der Waals surface area contributed by atoms with Gasteiger partial charge >= 0.3 is 5.97 Å². The zero-order chi connectivity index (χ0) is 16.9. The third kappa shape index (κ3) is 4.25. The number of rotatable bonds is 7. The summed E-state index contributed by atoms with van der Waals surface area (Å²) < 4.78 is 6.41. The van der Waals surface area contributed by atoms with Gasteiger partial charge in [-0.15, -0.1) is 5.10 Å². The summed E-state index contributed by atoms with van der Waals surface area (Å²) in [5.41, 5.74) is -0.463. The molecule has 122 valence electrons. The number of ether oxygens (including phenoxy) is 1. The molecule has 0 fully saturated rings. The van der Waals surface area contributed by atoms with Gasteiger partial charge < -0.3 is 15.2 Å². The molecule has 0 radical (unpaired) electrons. The van der Waals surface area contributed by atoms with Crippen molar-refractivity contribution in [3.8, 4) is 5.75 Å². The molecule has 1 aromatic carbocycles. The Bertz CT molecular complexity index is 688. The lowest BCUT2D eigenvalue weighted by Crippen LogP contribution is -2.46. The van der Waals surface area contributed by atoms with E-state index in [1.54, 1.807) is 31.2 Å².